The second kappa shape index (κ2) is 5.81. The van der Waals surface area contributed by atoms with E-state index in [4.69, 9.17) is 9.47 Å². The van der Waals surface area contributed by atoms with Crippen LogP contribution in [0.1, 0.15) is 25.3 Å². The lowest BCUT2D eigenvalue weighted by Gasteiger charge is -2.64. The Morgan fingerprint density at radius 1 is 1.46 bits per heavy atom. The van der Waals surface area contributed by atoms with E-state index in [9.17, 15) is 9.90 Å². The van der Waals surface area contributed by atoms with E-state index in [1.807, 2.05) is 19.1 Å². The number of anilines is 1. The van der Waals surface area contributed by atoms with Gasteiger partial charge in [-0.25, -0.2) is 0 Å². The van der Waals surface area contributed by atoms with Crippen molar-refractivity contribution in [2.45, 2.75) is 36.9 Å². The molecule has 6 nitrogen and oxygen atoms in total. The Morgan fingerprint density at radius 3 is 2.96 bits per heavy atom. The minimum atomic E-state index is -1.08. The molecule has 3 fully saturated rings. The molecule has 5 rings (SSSR count). The largest absolute Gasteiger partial charge is 0.468 e. The number of carbonyl (C=O) groups excluding carboxylic acids is 1. The number of nitrogens with zero attached hydrogens (tertiary/aromatic N) is 1. The van der Waals surface area contributed by atoms with Gasteiger partial charge in [-0.05, 0) is 31.4 Å². The van der Waals surface area contributed by atoms with Gasteiger partial charge in [0.05, 0.1) is 31.8 Å². The fraction of sp³-hybridized carbons (Fsp3) is 0.591. The predicted molar refractivity (Wildman–Crippen MR) is 105 cm³/mol. The van der Waals surface area contributed by atoms with Crippen LogP contribution in [0, 0.1) is 11.3 Å². The molecule has 0 spiro atoms. The summed E-state index contributed by atoms with van der Waals surface area (Å²) in [5.41, 5.74) is 0.840. The summed E-state index contributed by atoms with van der Waals surface area (Å²) in [6.45, 7) is 2.99. The Kier molecular flexibility index (Phi) is 3.77. The number of fused-ring (bicyclic) bond motifs is 3. The zero-order valence-corrected chi connectivity index (χ0v) is 16.7. The Bertz CT molecular complexity index is 870. The van der Waals surface area contributed by atoms with Crippen molar-refractivity contribution in [3.05, 3.63) is 41.5 Å². The van der Waals surface area contributed by atoms with Crippen LogP contribution >= 0.6 is 0 Å². The molecule has 3 heterocycles. The highest BCUT2D eigenvalue weighted by Gasteiger charge is 2.82. The van der Waals surface area contributed by atoms with E-state index in [2.05, 4.69) is 35.5 Å². The molecule has 0 unspecified atom stereocenters. The van der Waals surface area contributed by atoms with E-state index in [-0.39, 0.29) is 24.5 Å². The number of likely N-dealkylation sites (N-methyl/N-ethyl adjacent to an activating group) is 1. The van der Waals surface area contributed by atoms with E-state index in [1.165, 1.54) is 7.11 Å². The van der Waals surface area contributed by atoms with Crippen molar-refractivity contribution in [1.82, 2.24) is 5.32 Å². The number of benzene rings is 1. The number of piperidine rings is 1. The van der Waals surface area contributed by atoms with Gasteiger partial charge in [0.2, 0.25) is 0 Å². The monoisotopic (exact) mass is 384 g/mol. The van der Waals surface area contributed by atoms with E-state index in [0.717, 1.165) is 23.2 Å². The van der Waals surface area contributed by atoms with E-state index in [0.29, 0.717) is 19.6 Å². The topological polar surface area (TPSA) is 71.0 Å². The summed E-state index contributed by atoms with van der Waals surface area (Å²) >= 11 is 0. The molecule has 0 radical (unpaired) electrons. The number of methoxy groups -OCH3 is 1. The van der Waals surface area contributed by atoms with Gasteiger partial charge in [0.15, 0.2) is 5.72 Å². The number of nitrogens with one attached hydrogen (secondary N) is 1. The highest BCUT2D eigenvalue weighted by Crippen LogP contribution is 2.72. The standard InChI is InChI=1S/C22H28N2O4/c1-4-14-12-23-18-11-16(14)20(13-25,19(26)27-3)21-9-10-28-22(18,21)24(2)17-8-6-5-7-15(17)21/h4-8,16,18,23,25H,9-13H2,1-3H3/b14-4+/t16-,18-,20-,21-,22-/m0/s1. The zero-order valence-electron chi connectivity index (χ0n) is 16.7. The highest BCUT2D eigenvalue weighted by molar-refractivity contribution is 5.85. The first-order valence-corrected chi connectivity index (χ1v) is 10.1. The number of carbonyl (C=O) groups is 1. The molecule has 3 aliphatic heterocycles. The maximum atomic E-state index is 13.6. The number of hydrogen-bond acceptors (Lipinski definition) is 6. The number of aliphatic hydroxyl groups is 1. The van der Waals surface area contributed by atoms with E-state index < -0.39 is 16.6 Å². The van der Waals surface area contributed by atoms with Crippen LogP contribution in [-0.2, 0) is 19.7 Å². The molecule has 4 aliphatic rings. The number of allylic oxidation sites excluding steroid dienone is 1. The molecule has 6 heteroatoms. The Labute approximate surface area is 165 Å². The summed E-state index contributed by atoms with van der Waals surface area (Å²) in [5, 5.41) is 14.6. The normalized spacial score (nSPS) is 42.1. The number of esters is 1. The van der Waals surface area contributed by atoms with Crippen molar-refractivity contribution < 1.29 is 19.4 Å². The van der Waals surface area contributed by atoms with Crippen LogP contribution in [0.2, 0.25) is 0 Å². The van der Waals surface area contributed by atoms with Crippen LogP contribution in [0.15, 0.2) is 35.9 Å². The van der Waals surface area contributed by atoms with Gasteiger partial charge >= 0.3 is 5.97 Å². The van der Waals surface area contributed by atoms with Crippen molar-refractivity contribution in [2.24, 2.45) is 11.3 Å². The molecule has 1 aromatic rings. The average molecular weight is 384 g/mol. The zero-order chi connectivity index (χ0) is 19.7. The summed E-state index contributed by atoms with van der Waals surface area (Å²) < 4.78 is 12.0. The van der Waals surface area contributed by atoms with Crippen LogP contribution < -0.4 is 10.2 Å². The number of aliphatic hydroxyl groups excluding tert-OH is 1. The molecule has 1 aromatic carbocycles. The quantitative estimate of drug-likeness (QED) is 0.596. The summed E-state index contributed by atoms with van der Waals surface area (Å²) in [7, 11) is 3.49. The van der Waals surface area contributed by atoms with Crippen LogP contribution in [0.3, 0.4) is 0 Å². The van der Waals surface area contributed by atoms with Gasteiger partial charge < -0.3 is 24.8 Å². The second-order valence-electron chi connectivity index (χ2n) is 8.48. The fourth-order valence-electron chi connectivity index (χ4n) is 7.15. The lowest BCUT2D eigenvalue weighted by atomic mass is 9.43. The van der Waals surface area contributed by atoms with Crippen LogP contribution in [-0.4, -0.2) is 56.8 Å². The van der Waals surface area contributed by atoms with Crippen LogP contribution in [0.25, 0.3) is 0 Å². The maximum absolute atomic E-state index is 13.6. The average Bonchev–Trinajstić information content (AvgIpc) is 3.24. The van der Waals surface area contributed by atoms with Gasteiger partial charge in [0.1, 0.15) is 5.41 Å². The summed E-state index contributed by atoms with van der Waals surface area (Å²) in [6.07, 6.45) is 3.50. The number of rotatable bonds is 2. The van der Waals surface area contributed by atoms with Crippen LogP contribution in [0.5, 0.6) is 0 Å². The first kappa shape index (κ1) is 18.2. The van der Waals surface area contributed by atoms with Gasteiger partial charge in [-0.3, -0.25) is 4.79 Å². The molecule has 2 bridgehead atoms. The molecule has 5 atom stereocenters. The molecular formula is C22H28N2O4. The van der Waals surface area contributed by atoms with Crippen molar-refractivity contribution in [3.63, 3.8) is 0 Å². The Hall–Kier alpha value is -1.89. The van der Waals surface area contributed by atoms with Gasteiger partial charge in [-0.15, -0.1) is 0 Å². The van der Waals surface area contributed by atoms with Gasteiger partial charge in [-0.2, -0.15) is 0 Å². The van der Waals surface area contributed by atoms with E-state index >= 15 is 0 Å². The number of para-hydroxylation sites is 1. The lowest BCUT2D eigenvalue weighted by Crippen LogP contribution is -2.79. The lowest BCUT2D eigenvalue weighted by molar-refractivity contribution is -0.196. The minimum absolute atomic E-state index is 0.0606. The van der Waals surface area contributed by atoms with Crippen LogP contribution in [0.4, 0.5) is 5.69 Å². The third kappa shape index (κ3) is 1.62. The maximum Gasteiger partial charge on any atom is 0.315 e. The number of ether oxygens (including phenoxy) is 2. The molecule has 2 N–H and O–H groups in total. The molecule has 1 saturated carbocycles. The SMILES string of the molecule is C/C=C1\CN[C@H]2C[C@@H]1[C@@](CO)(C(=O)OC)[C@@]13CCO[C@@]21N(C)c1ccccc13. The molecule has 150 valence electrons. The molecule has 28 heavy (non-hydrogen) atoms. The smallest absolute Gasteiger partial charge is 0.315 e. The molecule has 0 aromatic heterocycles. The molecular weight excluding hydrogens is 356 g/mol. The van der Waals surface area contributed by atoms with Crippen molar-refractivity contribution in [1.29, 1.82) is 0 Å². The molecule has 2 saturated heterocycles. The number of hydrogen-bond donors (Lipinski definition) is 2. The first-order chi connectivity index (χ1) is 13.5. The highest BCUT2D eigenvalue weighted by atomic mass is 16.5. The summed E-state index contributed by atoms with van der Waals surface area (Å²) in [6, 6.07) is 8.29. The van der Waals surface area contributed by atoms with E-state index in [1.54, 1.807) is 0 Å². The van der Waals surface area contributed by atoms with Crippen molar-refractivity contribution in [3.8, 4) is 0 Å². The van der Waals surface area contributed by atoms with Gasteiger partial charge in [0.25, 0.3) is 0 Å². The first-order valence-electron chi connectivity index (χ1n) is 10.1. The third-order valence-corrected chi connectivity index (χ3v) is 8.10. The molecule has 1 aliphatic carbocycles. The summed E-state index contributed by atoms with van der Waals surface area (Å²) in [4.78, 5) is 15.8. The third-order valence-electron chi connectivity index (χ3n) is 8.10. The molecule has 0 amide bonds. The minimum Gasteiger partial charge on any atom is -0.468 e. The fourth-order valence-corrected chi connectivity index (χ4v) is 7.15. The second-order valence-corrected chi connectivity index (χ2v) is 8.48. The predicted octanol–water partition coefficient (Wildman–Crippen LogP) is 1.58. The summed E-state index contributed by atoms with van der Waals surface area (Å²) in [5.74, 6) is -0.421. The van der Waals surface area contributed by atoms with Gasteiger partial charge in [-0.1, -0.05) is 29.8 Å². The Morgan fingerprint density at radius 2 is 2.25 bits per heavy atom. The van der Waals surface area contributed by atoms with Crippen molar-refractivity contribution in [2.75, 3.05) is 38.8 Å². The Balaban J connectivity index is 1.90. The van der Waals surface area contributed by atoms with Crippen molar-refractivity contribution >= 4 is 11.7 Å². The van der Waals surface area contributed by atoms with Gasteiger partial charge in [0, 0.05) is 25.2 Å².